The Balaban J connectivity index is 1.78. The summed E-state index contributed by atoms with van der Waals surface area (Å²) in [6.07, 6.45) is 0.882. The predicted molar refractivity (Wildman–Crippen MR) is 91.7 cm³/mol. The summed E-state index contributed by atoms with van der Waals surface area (Å²) in [5, 5.41) is 10.7. The number of sulfonamides is 1. The van der Waals surface area contributed by atoms with Crippen molar-refractivity contribution in [3.05, 3.63) is 59.2 Å². The fraction of sp³-hybridized carbons (Fsp3) is 0.333. The summed E-state index contributed by atoms with van der Waals surface area (Å²) >= 11 is 0. The van der Waals surface area contributed by atoms with Gasteiger partial charge in [-0.15, -0.1) is 0 Å². The first kappa shape index (κ1) is 17.0. The molecule has 0 saturated carbocycles. The number of benzene rings is 2. The fourth-order valence-corrected chi connectivity index (χ4v) is 4.47. The van der Waals surface area contributed by atoms with Crippen LogP contribution in [-0.4, -0.2) is 32.8 Å². The quantitative estimate of drug-likeness (QED) is 0.865. The van der Waals surface area contributed by atoms with E-state index in [2.05, 4.69) is 4.72 Å². The topological polar surface area (TPSA) is 75.6 Å². The van der Waals surface area contributed by atoms with Gasteiger partial charge in [-0.25, -0.2) is 13.1 Å². The number of aryl methyl sites for hydroxylation is 1. The van der Waals surface area contributed by atoms with Gasteiger partial charge in [0.1, 0.15) is 10.6 Å². The summed E-state index contributed by atoms with van der Waals surface area (Å²) in [6, 6.07) is 12.8. The van der Waals surface area contributed by atoms with E-state index in [0.29, 0.717) is 12.8 Å². The maximum Gasteiger partial charge on any atom is 0.244 e. The van der Waals surface area contributed by atoms with Crippen LogP contribution in [0.2, 0.25) is 0 Å². The van der Waals surface area contributed by atoms with Crippen molar-refractivity contribution in [2.45, 2.75) is 30.3 Å². The molecule has 2 aromatic carbocycles. The van der Waals surface area contributed by atoms with E-state index in [4.69, 9.17) is 4.74 Å². The van der Waals surface area contributed by atoms with Gasteiger partial charge in [-0.3, -0.25) is 0 Å². The smallest absolute Gasteiger partial charge is 0.244 e. The monoisotopic (exact) mass is 347 g/mol. The third-order valence-electron chi connectivity index (χ3n) is 4.36. The van der Waals surface area contributed by atoms with Gasteiger partial charge in [0.05, 0.1) is 12.7 Å². The van der Waals surface area contributed by atoms with Gasteiger partial charge in [0.25, 0.3) is 0 Å². The van der Waals surface area contributed by atoms with Gasteiger partial charge in [-0.05, 0) is 35.7 Å². The van der Waals surface area contributed by atoms with E-state index in [1.165, 1.54) is 7.11 Å². The molecular formula is C18H21NO4S. The van der Waals surface area contributed by atoms with Crippen molar-refractivity contribution in [1.29, 1.82) is 0 Å². The zero-order valence-electron chi connectivity index (χ0n) is 13.7. The van der Waals surface area contributed by atoms with Crippen molar-refractivity contribution in [1.82, 2.24) is 4.72 Å². The molecule has 3 rings (SSSR count). The molecular weight excluding hydrogens is 326 g/mol. The number of aliphatic hydroxyl groups is 1. The molecule has 128 valence electrons. The predicted octanol–water partition coefficient (Wildman–Crippen LogP) is 1.81. The van der Waals surface area contributed by atoms with Gasteiger partial charge >= 0.3 is 0 Å². The van der Waals surface area contributed by atoms with Crippen LogP contribution in [0.3, 0.4) is 0 Å². The van der Waals surface area contributed by atoms with Crippen LogP contribution in [0, 0.1) is 6.92 Å². The molecule has 1 aliphatic carbocycles. The molecule has 1 aliphatic rings. The van der Waals surface area contributed by atoms with Crippen molar-refractivity contribution >= 4 is 10.0 Å². The summed E-state index contributed by atoms with van der Waals surface area (Å²) in [7, 11) is -2.34. The van der Waals surface area contributed by atoms with Gasteiger partial charge in [-0.1, -0.05) is 30.3 Å². The molecule has 0 bridgehead atoms. The largest absolute Gasteiger partial charge is 0.495 e. The van der Waals surface area contributed by atoms with E-state index in [0.717, 1.165) is 16.7 Å². The molecule has 24 heavy (non-hydrogen) atoms. The Morgan fingerprint density at radius 3 is 2.38 bits per heavy atom. The lowest BCUT2D eigenvalue weighted by molar-refractivity contribution is 0.0567. The lowest BCUT2D eigenvalue weighted by atomic mass is 10.0. The number of hydrogen-bond donors (Lipinski definition) is 2. The van der Waals surface area contributed by atoms with Crippen molar-refractivity contribution < 1.29 is 18.3 Å². The molecule has 0 atom stereocenters. The molecule has 0 unspecified atom stereocenters. The first-order valence-electron chi connectivity index (χ1n) is 7.76. The number of hydrogen-bond acceptors (Lipinski definition) is 4. The molecule has 0 spiro atoms. The number of methoxy groups -OCH3 is 1. The Kier molecular flexibility index (Phi) is 4.38. The number of ether oxygens (including phenoxy) is 1. The van der Waals surface area contributed by atoms with Crippen LogP contribution in [0.25, 0.3) is 0 Å². The Labute approximate surface area is 142 Å². The van der Waals surface area contributed by atoms with Crippen molar-refractivity contribution in [3.8, 4) is 5.75 Å². The van der Waals surface area contributed by atoms with Crippen LogP contribution in [0.15, 0.2) is 47.4 Å². The Morgan fingerprint density at radius 2 is 1.79 bits per heavy atom. The van der Waals surface area contributed by atoms with Crippen LogP contribution >= 0.6 is 0 Å². The van der Waals surface area contributed by atoms with E-state index in [-0.39, 0.29) is 17.2 Å². The molecule has 0 amide bonds. The van der Waals surface area contributed by atoms with Gasteiger partial charge in [0, 0.05) is 19.4 Å². The molecule has 0 fully saturated rings. The number of fused-ring (bicyclic) bond motifs is 1. The average molecular weight is 347 g/mol. The third-order valence-corrected chi connectivity index (χ3v) is 5.78. The van der Waals surface area contributed by atoms with Crippen LogP contribution in [0.1, 0.15) is 16.7 Å². The molecule has 5 nitrogen and oxygen atoms in total. The molecule has 0 radical (unpaired) electrons. The lowest BCUT2D eigenvalue weighted by Crippen LogP contribution is -2.43. The van der Waals surface area contributed by atoms with Crippen molar-refractivity contribution in [3.63, 3.8) is 0 Å². The lowest BCUT2D eigenvalue weighted by Gasteiger charge is -2.23. The molecule has 2 N–H and O–H groups in total. The molecule has 0 aromatic heterocycles. The summed E-state index contributed by atoms with van der Waals surface area (Å²) in [4.78, 5) is 0.0871. The maximum atomic E-state index is 12.6. The Morgan fingerprint density at radius 1 is 1.17 bits per heavy atom. The molecule has 2 aromatic rings. The molecule has 0 aliphatic heterocycles. The molecule has 6 heteroatoms. The highest BCUT2D eigenvalue weighted by Gasteiger charge is 2.36. The van der Waals surface area contributed by atoms with Crippen molar-refractivity contribution in [2.24, 2.45) is 0 Å². The summed E-state index contributed by atoms with van der Waals surface area (Å²) in [6.45, 7) is 1.78. The zero-order chi connectivity index (χ0) is 17.4. The van der Waals surface area contributed by atoms with Crippen molar-refractivity contribution in [2.75, 3.05) is 13.7 Å². The minimum Gasteiger partial charge on any atom is -0.495 e. The van der Waals surface area contributed by atoms with Gasteiger partial charge < -0.3 is 9.84 Å². The third kappa shape index (κ3) is 3.31. The summed E-state index contributed by atoms with van der Waals surface area (Å²) in [5.74, 6) is 0.287. The van der Waals surface area contributed by atoms with E-state index >= 15 is 0 Å². The van der Waals surface area contributed by atoms with Crippen LogP contribution < -0.4 is 9.46 Å². The second-order valence-electron chi connectivity index (χ2n) is 6.33. The highest BCUT2D eigenvalue weighted by molar-refractivity contribution is 7.89. The number of rotatable bonds is 5. The highest BCUT2D eigenvalue weighted by atomic mass is 32.2. The zero-order valence-corrected chi connectivity index (χ0v) is 14.6. The Hall–Kier alpha value is -1.89. The van der Waals surface area contributed by atoms with Crippen LogP contribution in [0.5, 0.6) is 5.75 Å². The first-order chi connectivity index (χ1) is 11.3. The van der Waals surface area contributed by atoms with E-state index in [9.17, 15) is 13.5 Å². The van der Waals surface area contributed by atoms with Gasteiger partial charge in [0.2, 0.25) is 10.0 Å². The normalized spacial score (nSPS) is 16.0. The molecule has 0 heterocycles. The van der Waals surface area contributed by atoms with Crippen LogP contribution in [-0.2, 0) is 22.9 Å². The van der Waals surface area contributed by atoms with Gasteiger partial charge in [-0.2, -0.15) is 0 Å². The standard InChI is InChI=1S/C18H21NO4S/c1-13-7-8-16(23-2)17(9-13)24(21,22)19-12-18(20)10-14-5-3-4-6-15(14)11-18/h3-9,19-20H,10-12H2,1-2H3. The molecule has 0 saturated heterocycles. The number of nitrogens with one attached hydrogen (secondary N) is 1. The minimum atomic E-state index is -3.77. The minimum absolute atomic E-state index is 0.0406. The van der Waals surface area contributed by atoms with Crippen LogP contribution in [0.4, 0.5) is 0 Å². The summed E-state index contributed by atoms with van der Waals surface area (Å²) < 4.78 is 33.0. The summed E-state index contributed by atoms with van der Waals surface area (Å²) in [5.41, 5.74) is 1.84. The maximum absolute atomic E-state index is 12.6. The Bertz CT molecular complexity index is 836. The van der Waals surface area contributed by atoms with Gasteiger partial charge in [0.15, 0.2) is 0 Å². The van der Waals surface area contributed by atoms with E-state index in [1.54, 1.807) is 18.2 Å². The van der Waals surface area contributed by atoms with E-state index < -0.39 is 15.6 Å². The second-order valence-corrected chi connectivity index (χ2v) is 8.06. The fourth-order valence-electron chi connectivity index (χ4n) is 3.10. The highest BCUT2D eigenvalue weighted by Crippen LogP contribution is 2.30. The first-order valence-corrected chi connectivity index (χ1v) is 9.25. The average Bonchev–Trinajstić information content (AvgIpc) is 2.90. The second kappa shape index (κ2) is 6.20. The SMILES string of the molecule is COc1ccc(C)cc1S(=O)(=O)NCC1(O)Cc2ccccc2C1. The van der Waals surface area contributed by atoms with E-state index in [1.807, 2.05) is 31.2 Å².